The van der Waals surface area contributed by atoms with Crippen LogP contribution >= 0.6 is 0 Å². The molecule has 4 bridgehead atoms. The van der Waals surface area contributed by atoms with Crippen molar-refractivity contribution in [2.75, 3.05) is 0 Å². The van der Waals surface area contributed by atoms with Crippen LogP contribution in [0.15, 0.2) is 0 Å². The molecule has 4 nitrogen and oxygen atoms in total. The molecule has 5 atom stereocenters. The van der Waals surface area contributed by atoms with E-state index in [0.717, 1.165) is 23.7 Å². The van der Waals surface area contributed by atoms with Crippen LogP contribution in [0.3, 0.4) is 0 Å². The Morgan fingerprint density at radius 3 is 1.79 bits per heavy atom. The van der Waals surface area contributed by atoms with Crippen molar-refractivity contribution in [1.29, 1.82) is 0 Å². The first-order valence-electron chi connectivity index (χ1n) is 10.7. The third kappa shape index (κ3) is 2.65. The highest BCUT2D eigenvalue weighted by Crippen LogP contribution is 2.48. The van der Waals surface area contributed by atoms with Crippen LogP contribution in [0.25, 0.3) is 5.53 Å². The van der Waals surface area contributed by atoms with Crippen LogP contribution in [0.1, 0.15) is 90.9 Å². The number of quaternary nitrogens is 1. The van der Waals surface area contributed by atoms with E-state index in [9.17, 15) is 0 Å². The van der Waals surface area contributed by atoms with Gasteiger partial charge in [-0.05, 0) is 63.2 Å². The van der Waals surface area contributed by atoms with Gasteiger partial charge < -0.3 is 5.53 Å². The summed E-state index contributed by atoms with van der Waals surface area (Å²) in [5.41, 5.74) is 9.45. The first-order chi connectivity index (χ1) is 11.5. The molecule has 4 aliphatic carbocycles. The van der Waals surface area contributed by atoms with Crippen molar-refractivity contribution in [2.24, 2.45) is 23.7 Å². The molecule has 5 fully saturated rings. The molecule has 0 aromatic carbocycles. The molecule has 0 amide bonds. The quantitative estimate of drug-likeness (QED) is 0.811. The summed E-state index contributed by atoms with van der Waals surface area (Å²) < 4.78 is 0. The Hall–Kier alpha value is -0.160. The van der Waals surface area contributed by atoms with Crippen LogP contribution in [0.2, 0.25) is 0 Å². The van der Waals surface area contributed by atoms with E-state index in [2.05, 4.69) is 24.5 Å². The minimum atomic E-state index is 0.262. The van der Waals surface area contributed by atoms with E-state index >= 15 is 0 Å². The second kappa shape index (κ2) is 5.67. The number of nitrogens with one attached hydrogen (secondary N) is 2. The summed E-state index contributed by atoms with van der Waals surface area (Å²) in [7, 11) is 0. The van der Waals surface area contributed by atoms with Gasteiger partial charge in [0.1, 0.15) is 5.54 Å². The zero-order valence-corrected chi connectivity index (χ0v) is 15.7. The average molecular weight is 333 g/mol. The van der Waals surface area contributed by atoms with Gasteiger partial charge in [0, 0.05) is 18.4 Å². The van der Waals surface area contributed by atoms with E-state index < -0.39 is 0 Å². The van der Waals surface area contributed by atoms with Crippen LogP contribution in [-0.2, 0) is 0 Å². The van der Waals surface area contributed by atoms with Crippen molar-refractivity contribution in [3.63, 3.8) is 0 Å². The Labute approximate surface area is 147 Å². The minimum Gasteiger partial charge on any atom is -0.344 e. The van der Waals surface area contributed by atoms with E-state index in [4.69, 9.17) is 5.53 Å². The van der Waals surface area contributed by atoms with Crippen molar-refractivity contribution in [3.05, 3.63) is 5.53 Å². The van der Waals surface area contributed by atoms with Gasteiger partial charge >= 0.3 is 0 Å². The number of hydrogen-bond donors (Lipinski definition) is 2. The van der Waals surface area contributed by atoms with Crippen LogP contribution in [-0.4, -0.2) is 16.2 Å². The number of hydrazine groups is 1. The van der Waals surface area contributed by atoms with Crippen molar-refractivity contribution in [1.82, 2.24) is 10.7 Å². The van der Waals surface area contributed by atoms with Gasteiger partial charge in [-0.3, -0.25) is 5.12 Å². The maximum atomic E-state index is 5.11. The maximum Gasteiger partial charge on any atom is 0.106 e. The lowest BCUT2D eigenvalue weighted by Gasteiger charge is -2.67. The lowest BCUT2D eigenvalue weighted by atomic mass is 9.65. The van der Waals surface area contributed by atoms with Gasteiger partial charge in [-0.15, -0.1) is 5.53 Å². The van der Waals surface area contributed by atoms with Gasteiger partial charge in [0.15, 0.2) is 0 Å². The van der Waals surface area contributed by atoms with Gasteiger partial charge in [0.05, 0.1) is 0 Å². The zero-order chi connectivity index (χ0) is 16.4. The van der Waals surface area contributed by atoms with E-state index in [1.54, 1.807) is 0 Å². The molecule has 0 spiro atoms. The Balaban J connectivity index is 1.23. The molecule has 1 aliphatic heterocycles. The SMILES string of the molecule is CC1(N2[N-][NH+](C3(C)CC4CCCC(C4)C3)N2)CC2CCCC(C2)C1. The second-order valence-corrected chi connectivity index (χ2v) is 10.5. The molecule has 5 aliphatic rings. The van der Waals surface area contributed by atoms with E-state index in [1.807, 2.05) is 0 Å². The number of hydrogen-bond acceptors (Lipinski definition) is 2. The van der Waals surface area contributed by atoms with Gasteiger partial charge in [-0.2, -0.15) is 0 Å². The third-order valence-electron chi connectivity index (χ3n) is 8.21. The number of rotatable bonds is 2. The minimum absolute atomic E-state index is 0.262. The summed E-state index contributed by atoms with van der Waals surface area (Å²) >= 11 is 0. The average Bonchev–Trinajstić information content (AvgIpc) is 2.43. The molecular formula is C20H36N4. The fourth-order valence-electron chi connectivity index (χ4n) is 7.31. The molecule has 4 saturated carbocycles. The predicted molar refractivity (Wildman–Crippen MR) is 95.5 cm³/mol. The summed E-state index contributed by atoms with van der Waals surface area (Å²) in [4.78, 5) is 0. The molecule has 1 saturated heterocycles. The summed E-state index contributed by atoms with van der Waals surface area (Å²) in [6.45, 7) is 4.95. The first-order valence-corrected chi connectivity index (χ1v) is 10.7. The topological polar surface area (TPSA) is 33.8 Å². The van der Waals surface area contributed by atoms with Crippen LogP contribution in [0.4, 0.5) is 0 Å². The van der Waals surface area contributed by atoms with Crippen LogP contribution in [0.5, 0.6) is 0 Å². The highest BCUT2D eigenvalue weighted by Gasteiger charge is 2.50. The van der Waals surface area contributed by atoms with Crippen molar-refractivity contribution in [3.8, 4) is 0 Å². The molecule has 0 aromatic heterocycles. The van der Waals surface area contributed by atoms with Gasteiger partial charge in [-0.25, -0.2) is 5.12 Å². The summed E-state index contributed by atoms with van der Waals surface area (Å²) in [6.07, 6.45) is 17.2. The van der Waals surface area contributed by atoms with Crippen molar-refractivity contribution in [2.45, 2.75) is 102 Å². The van der Waals surface area contributed by atoms with E-state index in [-0.39, 0.29) is 5.54 Å². The van der Waals surface area contributed by atoms with Crippen molar-refractivity contribution < 1.29 is 5.12 Å². The Bertz CT molecular complexity index is 420. The van der Waals surface area contributed by atoms with Crippen LogP contribution < -0.4 is 10.7 Å². The monoisotopic (exact) mass is 332 g/mol. The van der Waals surface area contributed by atoms with Gasteiger partial charge in [0.25, 0.3) is 0 Å². The Morgan fingerprint density at radius 1 is 0.833 bits per heavy atom. The molecule has 1 heterocycles. The number of fused-ring (bicyclic) bond motifs is 4. The molecule has 0 radical (unpaired) electrons. The molecule has 5 rings (SSSR count). The van der Waals surface area contributed by atoms with Gasteiger partial charge in [0.2, 0.25) is 0 Å². The molecular weight excluding hydrogens is 296 g/mol. The van der Waals surface area contributed by atoms with E-state index in [1.165, 1.54) is 82.2 Å². The lowest BCUT2D eigenvalue weighted by Crippen LogP contribution is -3.31. The second-order valence-electron chi connectivity index (χ2n) is 10.5. The standard InChI is InChI=1S/C20H36N4/c1-19(11-15-5-3-6-16(9-15)12-19)23-21-24(22-23)20(2)13-17-7-4-8-18(10-17)14-20/h15-18,21,23H,3-14H2,1-2H3. The predicted octanol–water partition coefficient (Wildman–Crippen LogP) is 3.53. The highest BCUT2D eigenvalue weighted by atomic mass is 16.2. The Kier molecular flexibility index (Phi) is 3.79. The molecule has 2 N–H and O–H groups in total. The van der Waals surface area contributed by atoms with Gasteiger partial charge in [-0.1, -0.05) is 38.5 Å². The highest BCUT2D eigenvalue weighted by molar-refractivity contribution is 4.99. The Morgan fingerprint density at radius 2 is 1.29 bits per heavy atom. The van der Waals surface area contributed by atoms with Crippen LogP contribution in [0, 0.1) is 23.7 Å². The van der Waals surface area contributed by atoms with E-state index in [0.29, 0.717) is 5.54 Å². The summed E-state index contributed by atoms with van der Waals surface area (Å²) in [6, 6.07) is 0. The molecule has 4 heteroatoms. The molecule has 136 valence electrons. The largest absolute Gasteiger partial charge is 0.344 e. The summed E-state index contributed by atoms with van der Waals surface area (Å²) in [5.74, 6) is 3.83. The summed E-state index contributed by atoms with van der Waals surface area (Å²) in [5, 5.41) is 3.60. The fraction of sp³-hybridized carbons (Fsp3) is 1.00. The third-order valence-corrected chi connectivity index (χ3v) is 8.21. The molecule has 24 heavy (non-hydrogen) atoms. The first kappa shape index (κ1) is 16.0. The maximum absolute atomic E-state index is 5.11. The van der Waals surface area contributed by atoms with Crippen molar-refractivity contribution >= 4 is 0 Å². The lowest BCUT2D eigenvalue weighted by molar-refractivity contribution is -1.04. The smallest absolute Gasteiger partial charge is 0.106 e. The normalized spacial score (nSPS) is 55.0. The zero-order valence-electron chi connectivity index (χ0n) is 15.7. The number of nitrogens with zero attached hydrogens (tertiary/aromatic N) is 2. The fourth-order valence-corrected chi connectivity index (χ4v) is 7.31. The molecule has 5 unspecified atom stereocenters. The molecule has 0 aromatic rings.